The Morgan fingerprint density at radius 1 is 1.17 bits per heavy atom. The first kappa shape index (κ1) is 17.0. The molecule has 126 valence electrons. The van der Waals surface area contributed by atoms with Gasteiger partial charge in [0.15, 0.2) is 0 Å². The first-order valence-electron chi connectivity index (χ1n) is 7.64. The molecule has 0 unspecified atom stereocenters. The Labute approximate surface area is 135 Å². The van der Waals surface area contributed by atoms with Gasteiger partial charge in [0, 0.05) is 25.4 Å². The summed E-state index contributed by atoms with van der Waals surface area (Å²) in [6, 6.07) is 0.111. The van der Waals surface area contributed by atoms with Crippen molar-refractivity contribution >= 4 is 11.8 Å². The van der Waals surface area contributed by atoms with E-state index in [2.05, 4.69) is 20.6 Å². The number of ether oxygens (including phenoxy) is 2. The lowest BCUT2D eigenvalue weighted by atomic mass is 9.93. The Morgan fingerprint density at radius 2 is 1.83 bits per heavy atom. The van der Waals surface area contributed by atoms with Crippen LogP contribution in [0.4, 0.5) is 0 Å². The molecule has 8 nitrogen and oxygen atoms in total. The fourth-order valence-electron chi connectivity index (χ4n) is 2.50. The molecule has 1 aliphatic rings. The minimum absolute atomic E-state index is 0.0164. The summed E-state index contributed by atoms with van der Waals surface area (Å²) in [7, 11) is 1.53. The second-order valence-corrected chi connectivity index (χ2v) is 5.44. The van der Waals surface area contributed by atoms with Crippen molar-refractivity contribution in [3.05, 3.63) is 12.4 Å². The van der Waals surface area contributed by atoms with E-state index in [-0.39, 0.29) is 30.5 Å². The highest BCUT2D eigenvalue weighted by Gasteiger charge is 2.25. The van der Waals surface area contributed by atoms with Crippen LogP contribution in [0.15, 0.2) is 12.4 Å². The van der Waals surface area contributed by atoms with Crippen molar-refractivity contribution in [1.82, 2.24) is 20.6 Å². The van der Waals surface area contributed by atoms with Crippen LogP contribution in [0.3, 0.4) is 0 Å². The fourth-order valence-corrected chi connectivity index (χ4v) is 2.50. The van der Waals surface area contributed by atoms with Gasteiger partial charge in [0.1, 0.15) is 6.10 Å². The molecule has 0 aliphatic heterocycles. The number of carbonyl (C=O) groups is 2. The van der Waals surface area contributed by atoms with Gasteiger partial charge in [-0.2, -0.15) is 0 Å². The van der Waals surface area contributed by atoms with E-state index in [1.165, 1.54) is 14.0 Å². The number of nitrogens with one attached hydrogen (secondary N) is 2. The summed E-state index contributed by atoms with van der Waals surface area (Å²) in [5.74, 6) is 0.390. The van der Waals surface area contributed by atoms with Crippen LogP contribution in [-0.2, 0) is 9.59 Å². The van der Waals surface area contributed by atoms with Crippen LogP contribution in [0, 0.1) is 0 Å². The summed E-state index contributed by atoms with van der Waals surface area (Å²) < 4.78 is 11.0. The molecule has 1 saturated carbocycles. The minimum atomic E-state index is -0.213. The number of nitrogens with zero attached hydrogens (tertiary/aromatic N) is 2. The molecule has 0 saturated heterocycles. The van der Waals surface area contributed by atoms with Crippen LogP contribution in [0.25, 0.3) is 0 Å². The SMILES string of the molecule is COc1nccnc1OC1CCC(NC(=O)CNC(C)=O)CC1. The molecular formula is C15H22N4O4. The molecule has 1 heterocycles. The van der Waals surface area contributed by atoms with Gasteiger partial charge in [0.05, 0.1) is 13.7 Å². The topological polar surface area (TPSA) is 102 Å². The molecule has 0 spiro atoms. The number of hydrogen-bond donors (Lipinski definition) is 2. The summed E-state index contributed by atoms with van der Waals surface area (Å²) in [6.07, 6.45) is 6.40. The smallest absolute Gasteiger partial charge is 0.278 e. The largest absolute Gasteiger partial charge is 0.477 e. The maximum Gasteiger partial charge on any atom is 0.278 e. The maximum absolute atomic E-state index is 11.7. The van der Waals surface area contributed by atoms with Crippen molar-refractivity contribution in [2.45, 2.75) is 44.8 Å². The van der Waals surface area contributed by atoms with Crippen molar-refractivity contribution in [3.63, 3.8) is 0 Å². The third kappa shape index (κ3) is 5.39. The Bertz CT molecular complexity index is 544. The minimum Gasteiger partial charge on any atom is -0.477 e. The quantitative estimate of drug-likeness (QED) is 0.787. The molecule has 2 N–H and O–H groups in total. The van der Waals surface area contributed by atoms with Gasteiger partial charge in [-0.15, -0.1) is 0 Å². The first-order valence-corrected chi connectivity index (χ1v) is 7.64. The van der Waals surface area contributed by atoms with E-state index in [4.69, 9.17) is 9.47 Å². The van der Waals surface area contributed by atoms with Gasteiger partial charge < -0.3 is 20.1 Å². The average Bonchev–Trinajstić information content (AvgIpc) is 2.55. The summed E-state index contributed by atoms with van der Waals surface area (Å²) in [5.41, 5.74) is 0. The normalized spacial score (nSPS) is 20.4. The van der Waals surface area contributed by atoms with Crippen molar-refractivity contribution in [2.24, 2.45) is 0 Å². The van der Waals surface area contributed by atoms with Gasteiger partial charge in [-0.3, -0.25) is 9.59 Å². The molecule has 2 amide bonds. The number of hydrogen-bond acceptors (Lipinski definition) is 6. The van der Waals surface area contributed by atoms with Crippen LogP contribution in [0.1, 0.15) is 32.6 Å². The second kappa shape index (κ2) is 8.30. The van der Waals surface area contributed by atoms with Gasteiger partial charge in [0.2, 0.25) is 11.8 Å². The molecule has 0 bridgehead atoms. The maximum atomic E-state index is 11.7. The summed E-state index contributed by atoms with van der Waals surface area (Å²) in [5, 5.41) is 5.40. The average molecular weight is 322 g/mol. The molecule has 8 heteroatoms. The fraction of sp³-hybridized carbons (Fsp3) is 0.600. The van der Waals surface area contributed by atoms with Crippen molar-refractivity contribution < 1.29 is 19.1 Å². The molecule has 1 fully saturated rings. The number of carbonyl (C=O) groups excluding carboxylic acids is 2. The van der Waals surface area contributed by atoms with E-state index < -0.39 is 0 Å². The van der Waals surface area contributed by atoms with Gasteiger partial charge in [-0.25, -0.2) is 9.97 Å². The highest BCUT2D eigenvalue weighted by atomic mass is 16.5. The number of aromatic nitrogens is 2. The van der Waals surface area contributed by atoms with Crippen LogP contribution >= 0.6 is 0 Å². The third-order valence-corrected chi connectivity index (χ3v) is 3.64. The molecule has 2 rings (SSSR count). The summed E-state index contributed by atoms with van der Waals surface area (Å²) in [4.78, 5) is 30.6. The third-order valence-electron chi connectivity index (χ3n) is 3.64. The van der Waals surface area contributed by atoms with Crippen LogP contribution in [-0.4, -0.2) is 47.6 Å². The second-order valence-electron chi connectivity index (χ2n) is 5.44. The zero-order valence-corrected chi connectivity index (χ0v) is 13.4. The number of methoxy groups -OCH3 is 1. The Balaban J connectivity index is 1.75. The van der Waals surface area contributed by atoms with Gasteiger partial charge in [-0.1, -0.05) is 0 Å². The molecule has 23 heavy (non-hydrogen) atoms. The van der Waals surface area contributed by atoms with Crippen LogP contribution < -0.4 is 20.1 Å². The lowest BCUT2D eigenvalue weighted by Crippen LogP contribution is -2.44. The predicted molar refractivity (Wildman–Crippen MR) is 82.1 cm³/mol. The Kier molecular flexibility index (Phi) is 6.13. The van der Waals surface area contributed by atoms with Gasteiger partial charge in [0.25, 0.3) is 11.8 Å². The van der Waals surface area contributed by atoms with Crippen molar-refractivity contribution in [2.75, 3.05) is 13.7 Å². The van der Waals surface area contributed by atoms with E-state index in [1.54, 1.807) is 12.4 Å². The van der Waals surface area contributed by atoms with E-state index in [0.29, 0.717) is 11.8 Å². The molecule has 0 aromatic carbocycles. The lowest BCUT2D eigenvalue weighted by molar-refractivity contribution is -0.125. The van der Waals surface area contributed by atoms with E-state index in [1.807, 2.05) is 0 Å². The summed E-state index contributed by atoms with van der Waals surface area (Å²) in [6.45, 7) is 1.40. The van der Waals surface area contributed by atoms with Crippen molar-refractivity contribution in [1.29, 1.82) is 0 Å². The predicted octanol–water partition coefficient (Wildman–Crippen LogP) is 0.428. The summed E-state index contributed by atoms with van der Waals surface area (Å²) >= 11 is 0. The van der Waals surface area contributed by atoms with Crippen molar-refractivity contribution in [3.8, 4) is 11.8 Å². The zero-order valence-electron chi connectivity index (χ0n) is 13.4. The van der Waals surface area contributed by atoms with Crippen LogP contribution in [0.2, 0.25) is 0 Å². The van der Waals surface area contributed by atoms with E-state index in [9.17, 15) is 9.59 Å². The molecular weight excluding hydrogens is 300 g/mol. The number of rotatable bonds is 6. The van der Waals surface area contributed by atoms with Crippen LogP contribution in [0.5, 0.6) is 11.8 Å². The molecule has 1 aliphatic carbocycles. The molecule has 1 aromatic rings. The molecule has 0 atom stereocenters. The molecule has 1 aromatic heterocycles. The Morgan fingerprint density at radius 3 is 2.43 bits per heavy atom. The monoisotopic (exact) mass is 322 g/mol. The van der Waals surface area contributed by atoms with Gasteiger partial charge in [-0.05, 0) is 25.7 Å². The zero-order chi connectivity index (χ0) is 16.7. The Hall–Kier alpha value is -2.38. The first-order chi connectivity index (χ1) is 11.1. The van der Waals surface area contributed by atoms with E-state index >= 15 is 0 Å². The lowest BCUT2D eigenvalue weighted by Gasteiger charge is -2.29. The van der Waals surface area contributed by atoms with Gasteiger partial charge >= 0.3 is 0 Å². The standard InChI is InChI=1S/C15H22N4O4/c1-10(20)18-9-13(21)19-11-3-5-12(6-4-11)23-15-14(22-2)16-7-8-17-15/h7-8,11-12H,3-6,9H2,1-2H3,(H,18,20)(H,19,21). The highest BCUT2D eigenvalue weighted by Crippen LogP contribution is 2.27. The number of amides is 2. The molecule has 0 radical (unpaired) electrons. The highest BCUT2D eigenvalue weighted by molar-refractivity contribution is 5.83. The van der Waals surface area contributed by atoms with E-state index in [0.717, 1.165) is 25.7 Å².